The molecule has 1 aliphatic carbocycles. The van der Waals surface area contributed by atoms with Crippen LogP contribution in [0.3, 0.4) is 0 Å². The molecule has 0 atom stereocenters. The van der Waals surface area contributed by atoms with Crippen LogP contribution in [0.1, 0.15) is 32.6 Å². The second-order valence-corrected chi connectivity index (χ2v) is 3.27. The van der Waals surface area contributed by atoms with Crippen LogP contribution in [0.5, 0.6) is 0 Å². The lowest BCUT2D eigenvalue weighted by Crippen LogP contribution is -2.21. The molecule has 2 N–H and O–H groups in total. The van der Waals surface area contributed by atoms with Gasteiger partial charge in [-0.2, -0.15) is 0 Å². The first-order chi connectivity index (χ1) is 6.25. The number of hydrogen-bond acceptors (Lipinski definition) is 3. The van der Waals surface area contributed by atoms with Gasteiger partial charge in [0.2, 0.25) is 0 Å². The summed E-state index contributed by atoms with van der Waals surface area (Å²) in [6, 6.07) is 0. The van der Waals surface area contributed by atoms with Crippen LogP contribution in [-0.4, -0.2) is 18.0 Å². The van der Waals surface area contributed by atoms with Crippen molar-refractivity contribution >= 4 is 11.5 Å². The van der Waals surface area contributed by atoms with Crippen molar-refractivity contribution in [2.45, 2.75) is 32.6 Å². The van der Waals surface area contributed by atoms with E-state index < -0.39 is 0 Å². The minimum atomic E-state index is 0.111. The van der Waals surface area contributed by atoms with E-state index in [1.807, 2.05) is 0 Å². The monoisotopic (exact) mass is 180 g/mol. The van der Waals surface area contributed by atoms with Crippen LogP contribution < -0.4 is 5.32 Å². The number of carbonyl (C=O) groups is 1. The molecule has 0 amide bonds. The van der Waals surface area contributed by atoms with Crippen molar-refractivity contribution < 1.29 is 4.79 Å². The maximum Gasteiger partial charge on any atom is 0.166 e. The van der Waals surface area contributed by atoms with Gasteiger partial charge in [-0.25, -0.2) is 0 Å². The zero-order valence-electron chi connectivity index (χ0n) is 8.02. The first-order valence-electron chi connectivity index (χ1n) is 4.80. The quantitative estimate of drug-likeness (QED) is 0.512. The number of allylic oxidation sites excluding steroid dienone is 1. The third-order valence-electron chi connectivity index (χ3n) is 2.10. The van der Waals surface area contributed by atoms with Gasteiger partial charge in [-0.15, -0.1) is 0 Å². The first-order valence-corrected chi connectivity index (χ1v) is 4.80. The van der Waals surface area contributed by atoms with Crippen molar-refractivity contribution in [3.05, 3.63) is 11.8 Å². The predicted molar refractivity (Wildman–Crippen MR) is 53.0 cm³/mol. The van der Waals surface area contributed by atoms with Crippen molar-refractivity contribution in [3.8, 4) is 0 Å². The standard InChI is InChI=1S/C10H16N2O/c1-2-6-12-7-8-9(11)4-3-5-10(8)13/h7,11-12H,2-6H2,1H3/b8-7+,11-9?. The van der Waals surface area contributed by atoms with Gasteiger partial charge in [-0.05, 0) is 19.3 Å². The van der Waals surface area contributed by atoms with Crippen LogP contribution >= 0.6 is 0 Å². The largest absolute Gasteiger partial charge is 0.390 e. The second kappa shape index (κ2) is 4.80. The molecule has 0 aromatic carbocycles. The molecule has 0 spiro atoms. The molecule has 0 unspecified atom stereocenters. The topological polar surface area (TPSA) is 53.0 Å². The summed E-state index contributed by atoms with van der Waals surface area (Å²) in [5.74, 6) is 0.111. The number of ketones is 1. The Bertz CT molecular complexity index is 225. The maximum atomic E-state index is 11.3. The van der Waals surface area contributed by atoms with Gasteiger partial charge in [0, 0.05) is 24.9 Å². The van der Waals surface area contributed by atoms with Gasteiger partial charge in [0.1, 0.15) is 0 Å². The summed E-state index contributed by atoms with van der Waals surface area (Å²) in [6.07, 6.45) is 4.91. The normalized spacial score (nSPS) is 20.8. The number of hydrogen-bond donors (Lipinski definition) is 2. The van der Waals surface area contributed by atoms with Crippen LogP contribution in [0, 0.1) is 5.41 Å². The van der Waals surface area contributed by atoms with E-state index in [2.05, 4.69) is 12.2 Å². The van der Waals surface area contributed by atoms with Crippen LogP contribution in [0.4, 0.5) is 0 Å². The highest BCUT2D eigenvalue weighted by Crippen LogP contribution is 2.15. The minimum absolute atomic E-state index is 0.111. The molecule has 1 aliphatic rings. The van der Waals surface area contributed by atoms with E-state index in [0.29, 0.717) is 17.7 Å². The molecule has 0 aromatic heterocycles. The molecule has 1 rings (SSSR count). The van der Waals surface area contributed by atoms with E-state index in [1.165, 1.54) is 0 Å². The Kier molecular flexibility index (Phi) is 3.68. The van der Waals surface area contributed by atoms with Crippen molar-refractivity contribution in [3.63, 3.8) is 0 Å². The Morgan fingerprint density at radius 3 is 2.92 bits per heavy atom. The molecule has 1 fully saturated rings. The lowest BCUT2D eigenvalue weighted by Gasteiger charge is -2.14. The van der Waals surface area contributed by atoms with Crippen molar-refractivity contribution in [2.75, 3.05) is 6.54 Å². The van der Waals surface area contributed by atoms with Crippen LogP contribution in [0.15, 0.2) is 11.8 Å². The minimum Gasteiger partial charge on any atom is -0.390 e. The van der Waals surface area contributed by atoms with Gasteiger partial charge in [0.15, 0.2) is 5.78 Å². The van der Waals surface area contributed by atoms with Gasteiger partial charge < -0.3 is 10.7 Å². The lowest BCUT2D eigenvalue weighted by molar-refractivity contribution is -0.115. The van der Waals surface area contributed by atoms with E-state index in [4.69, 9.17) is 5.41 Å². The molecular formula is C10H16N2O. The highest BCUT2D eigenvalue weighted by molar-refractivity contribution is 6.22. The molecule has 0 aliphatic heterocycles. The predicted octanol–water partition coefficient (Wildman–Crippen LogP) is 1.64. The van der Waals surface area contributed by atoms with E-state index in [9.17, 15) is 4.79 Å². The van der Waals surface area contributed by atoms with Crippen LogP contribution in [-0.2, 0) is 4.79 Å². The number of rotatable bonds is 3. The Labute approximate surface area is 78.7 Å². The van der Waals surface area contributed by atoms with Crippen LogP contribution in [0.25, 0.3) is 0 Å². The first kappa shape index (κ1) is 9.96. The Balaban J connectivity index is 2.57. The van der Waals surface area contributed by atoms with Gasteiger partial charge >= 0.3 is 0 Å². The summed E-state index contributed by atoms with van der Waals surface area (Å²) in [5.41, 5.74) is 1.07. The highest BCUT2D eigenvalue weighted by Gasteiger charge is 2.19. The third kappa shape index (κ3) is 2.68. The van der Waals surface area contributed by atoms with Gasteiger partial charge in [0.05, 0.1) is 5.57 Å². The van der Waals surface area contributed by atoms with E-state index >= 15 is 0 Å². The summed E-state index contributed by atoms with van der Waals surface area (Å²) in [7, 11) is 0. The average Bonchev–Trinajstić information content (AvgIpc) is 2.10. The average molecular weight is 180 g/mol. The van der Waals surface area contributed by atoms with Crippen LogP contribution in [0.2, 0.25) is 0 Å². The molecule has 0 saturated heterocycles. The molecule has 72 valence electrons. The molecule has 3 nitrogen and oxygen atoms in total. The SMILES string of the molecule is CCCN/C=C1\C(=N)CCCC1=O. The van der Waals surface area contributed by atoms with Gasteiger partial charge in [0.25, 0.3) is 0 Å². The van der Waals surface area contributed by atoms with Gasteiger partial charge in [-0.1, -0.05) is 6.92 Å². The van der Waals surface area contributed by atoms with Gasteiger partial charge in [-0.3, -0.25) is 4.79 Å². The summed E-state index contributed by atoms with van der Waals surface area (Å²) < 4.78 is 0. The molecular weight excluding hydrogens is 164 g/mol. The fourth-order valence-electron chi connectivity index (χ4n) is 1.35. The number of carbonyl (C=O) groups excluding carboxylic acids is 1. The Morgan fingerprint density at radius 2 is 2.31 bits per heavy atom. The molecule has 0 heterocycles. The van der Waals surface area contributed by atoms with E-state index in [1.54, 1.807) is 6.20 Å². The molecule has 13 heavy (non-hydrogen) atoms. The molecule has 0 aromatic rings. The molecule has 1 saturated carbocycles. The Hall–Kier alpha value is -1.12. The number of nitrogens with one attached hydrogen (secondary N) is 2. The van der Waals surface area contributed by atoms with Crippen molar-refractivity contribution in [1.82, 2.24) is 5.32 Å². The Morgan fingerprint density at radius 1 is 1.54 bits per heavy atom. The summed E-state index contributed by atoms with van der Waals surface area (Å²) in [5, 5.41) is 10.6. The summed E-state index contributed by atoms with van der Waals surface area (Å²) >= 11 is 0. The lowest BCUT2D eigenvalue weighted by atomic mass is 9.92. The van der Waals surface area contributed by atoms with Crippen molar-refractivity contribution in [2.24, 2.45) is 0 Å². The molecule has 0 radical (unpaired) electrons. The smallest absolute Gasteiger partial charge is 0.166 e. The second-order valence-electron chi connectivity index (χ2n) is 3.27. The summed E-state index contributed by atoms with van der Waals surface area (Å²) in [4.78, 5) is 11.3. The zero-order valence-corrected chi connectivity index (χ0v) is 8.02. The fourth-order valence-corrected chi connectivity index (χ4v) is 1.35. The third-order valence-corrected chi connectivity index (χ3v) is 2.10. The zero-order chi connectivity index (χ0) is 9.68. The fraction of sp³-hybridized carbons (Fsp3) is 0.600. The summed E-state index contributed by atoms with van der Waals surface area (Å²) in [6.45, 7) is 2.93. The highest BCUT2D eigenvalue weighted by atomic mass is 16.1. The van der Waals surface area contributed by atoms with E-state index in [-0.39, 0.29) is 5.78 Å². The molecule has 0 bridgehead atoms. The van der Waals surface area contributed by atoms with Crippen molar-refractivity contribution in [1.29, 1.82) is 5.41 Å². The van der Waals surface area contributed by atoms with E-state index in [0.717, 1.165) is 25.8 Å². The number of Topliss-reactive ketones (excluding diaryl/α,β-unsaturated/α-hetero) is 1. The maximum absolute atomic E-state index is 11.3. The molecule has 3 heteroatoms.